The normalized spacial score (nSPS) is 17.1. The molecule has 0 spiro atoms. The van der Waals surface area contributed by atoms with Crippen LogP contribution >= 0.6 is 0 Å². The van der Waals surface area contributed by atoms with E-state index in [0.717, 1.165) is 12.0 Å². The van der Waals surface area contributed by atoms with Crippen LogP contribution in [0.2, 0.25) is 0 Å². The molecule has 6 heteroatoms. The predicted octanol–water partition coefficient (Wildman–Crippen LogP) is 5.42. The molecule has 4 rings (SSSR count). The first-order chi connectivity index (χ1) is 16.5. The number of hydrogen-bond acceptors (Lipinski definition) is 5. The van der Waals surface area contributed by atoms with Gasteiger partial charge in [0.25, 0.3) is 11.7 Å². The van der Waals surface area contributed by atoms with Gasteiger partial charge in [-0.25, -0.2) is 0 Å². The zero-order valence-electron chi connectivity index (χ0n) is 19.4. The largest absolute Gasteiger partial charge is 0.507 e. The molecule has 1 heterocycles. The number of aliphatic hydroxyl groups is 1. The highest BCUT2D eigenvalue weighted by atomic mass is 16.5. The second kappa shape index (κ2) is 9.83. The third-order valence-electron chi connectivity index (χ3n) is 5.76. The first kappa shape index (κ1) is 23.1. The molecule has 3 aromatic carbocycles. The zero-order valence-corrected chi connectivity index (χ0v) is 19.4. The first-order valence-corrected chi connectivity index (χ1v) is 11.2. The molecular weight excluding hydrogens is 430 g/mol. The molecule has 1 atom stereocenters. The summed E-state index contributed by atoms with van der Waals surface area (Å²) < 4.78 is 11.1. The molecule has 0 aromatic heterocycles. The van der Waals surface area contributed by atoms with Crippen molar-refractivity contribution in [2.24, 2.45) is 0 Å². The first-order valence-electron chi connectivity index (χ1n) is 11.2. The lowest BCUT2D eigenvalue weighted by molar-refractivity contribution is -0.132. The Balaban J connectivity index is 1.91. The third-order valence-corrected chi connectivity index (χ3v) is 5.76. The average molecular weight is 458 g/mol. The van der Waals surface area contributed by atoms with Crippen LogP contribution in [0.25, 0.3) is 5.76 Å². The number of anilines is 1. The van der Waals surface area contributed by atoms with Crippen LogP contribution in [-0.4, -0.2) is 30.5 Å². The number of Topliss-reactive ketones (excluding diaryl/α,β-unsaturated/α-hetero) is 1. The van der Waals surface area contributed by atoms with Crippen LogP contribution in [0.3, 0.4) is 0 Å². The van der Waals surface area contributed by atoms with E-state index >= 15 is 0 Å². The van der Waals surface area contributed by atoms with Crippen molar-refractivity contribution in [2.75, 3.05) is 18.6 Å². The summed E-state index contributed by atoms with van der Waals surface area (Å²) in [4.78, 5) is 28.0. The van der Waals surface area contributed by atoms with Gasteiger partial charge in [-0.3, -0.25) is 14.5 Å². The number of ketones is 1. The van der Waals surface area contributed by atoms with E-state index in [9.17, 15) is 14.7 Å². The molecule has 0 aliphatic carbocycles. The minimum Gasteiger partial charge on any atom is -0.507 e. The Bertz CT molecular complexity index is 1230. The maximum atomic E-state index is 13.3. The van der Waals surface area contributed by atoms with Crippen LogP contribution in [0.4, 0.5) is 5.69 Å². The summed E-state index contributed by atoms with van der Waals surface area (Å²) >= 11 is 0. The van der Waals surface area contributed by atoms with Gasteiger partial charge in [0, 0.05) is 5.69 Å². The van der Waals surface area contributed by atoms with Gasteiger partial charge in [0.15, 0.2) is 0 Å². The number of aliphatic hydroxyl groups excluding tert-OH is 1. The van der Waals surface area contributed by atoms with Gasteiger partial charge < -0.3 is 14.6 Å². The second-order valence-electron chi connectivity index (χ2n) is 8.13. The number of para-hydroxylation sites is 1. The minimum absolute atomic E-state index is 0.0139. The molecule has 1 saturated heterocycles. The summed E-state index contributed by atoms with van der Waals surface area (Å²) in [6, 6.07) is 20.7. The molecule has 1 unspecified atom stereocenters. The highest BCUT2D eigenvalue weighted by molar-refractivity contribution is 6.51. The molecule has 1 fully saturated rings. The predicted molar refractivity (Wildman–Crippen MR) is 131 cm³/mol. The quantitative estimate of drug-likeness (QED) is 0.291. The Labute approximate surface area is 199 Å². The summed E-state index contributed by atoms with van der Waals surface area (Å²) in [5.74, 6) is -0.607. The Morgan fingerprint density at radius 2 is 1.71 bits per heavy atom. The lowest BCUT2D eigenvalue weighted by atomic mass is 9.94. The van der Waals surface area contributed by atoms with Gasteiger partial charge in [0.2, 0.25) is 0 Å². The van der Waals surface area contributed by atoms with Crippen molar-refractivity contribution in [1.29, 1.82) is 0 Å². The maximum Gasteiger partial charge on any atom is 0.300 e. The molecule has 174 valence electrons. The highest BCUT2D eigenvalue weighted by Gasteiger charge is 2.47. The zero-order chi connectivity index (χ0) is 24.2. The highest BCUT2D eigenvalue weighted by Crippen LogP contribution is 2.43. The fraction of sp³-hybridized carbons (Fsp3) is 0.214. The van der Waals surface area contributed by atoms with Crippen molar-refractivity contribution in [3.63, 3.8) is 0 Å². The Kier molecular flexibility index (Phi) is 6.68. The third kappa shape index (κ3) is 4.27. The fourth-order valence-corrected chi connectivity index (χ4v) is 4.12. The molecular formula is C28H27NO5. The number of ether oxygens (including phenoxy) is 2. The standard InChI is InChI=1S/C28H27NO5/c1-4-16-34-21-13-11-19(12-14-21)25-24(26(30)22-17-18(2)10-15-23(22)33-3)27(31)28(32)29(25)20-8-6-5-7-9-20/h5-15,17,25,30H,4,16H2,1-3H3/b26-24+. The molecule has 3 aromatic rings. The number of rotatable bonds is 7. The van der Waals surface area contributed by atoms with Crippen molar-refractivity contribution >= 4 is 23.1 Å². The molecule has 1 N–H and O–H groups in total. The summed E-state index contributed by atoms with van der Waals surface area (Å²) in [7, 11) is 1.50. The molecule has 1 aliphatic rings. The number of carbonyl (C=O) groups excluding carboxylic acids is 2. The number of hydrogen-bond donors (Lipinski definition) is 1. The number of benzene rings is 3. The van der Waals surface area contributed by atoms with Gasteiger partial charge in [-0.15, -0.1) is 0 Å². The molecule has 1 aliphatic heterocycles. The topological polar surface area (TPSA) is 76.1 Å². The van der Waals surface area contributed by atoms with Gasteiger partial charge in [-0.1, -0.05) is 48.9 Å². The van der Waals surface area contributed by atoms with Crippen LogP contribution in [0, 0.1) is 6.92 Å². The number of methoxy groups -OCH3 is 1. The number of carbonyl (C=O) groups is 2. The molecule has 0 radical (unpaired) electrons. The maximum absolute atomic E-state index is 13.3. The number of aryl methyl sites for hydroxylation is 1. The van der Waals surface area contributed by atoms with Crippen molar-refractivity contribution in [1.82, 2.24) is 0 Å². The SMILES string of the molecule is CCCOc1ccc(C2/C(=C(\O)c3cc(C)ccc3OC)C(=O)C(=O)N2c2ccccc2)cc1. The van der Waals surface area contributed by atoms with E-state index in [4.69, 9.17) is 9.47 Å². The van der Waals surface area contributed by atoms with Gasteiger partial charge in [-0.2, -0.15) is 0 Å². The second-order valence-corrected chi connectivity index (χ2v) is 8.13. The summed E-state index contributed by atoms with van der Waals surface area (Å²) in [5, 5.41) is 11.4. The number of nitrogens with zero attached hydrogens (tertiary/aromatic N) is 1. The van der Waals surface area contributed by atoms with E-state index in [1.54, 1.807) is 36.4 Å². The van der Waals surface area contributed by atoms with Crippen LogP contribution in [0.15, 0.2) is 78.4 Å². The Hall–Kier alpha value is -4.06. The van der Waals surface area contributed by atoms with Gasteiger partial charge in [0.1, 0.15) is 17.3 Å². The minimum atomic E-state index is -0.812. The van der Waals surface area contributed by atoms with Gasteiger partial charge >= 0.3 is 0 Å². The lowest BCUT2D eigenvalue weighted by Crippen LogP contribution is -2.29. The smallest absolute Gasteiger partial charge is 0.300 e. The van der Waals surface area contributed by atoms with Gasteiger partial charge in [-0.05, 0) is 55.3 Å². The number of amides is 1. The van der Waals surface area contributed by atoms with E-state index in [-0.39, 0.29) is 11.3 Å². The van der Waals surface area contributed by atoms with Crippen LogP contribution in [-0.2, 0) is 9.59 Å². The Morgan fingerprint density at radius 3 is 2.35 bits per heavy atom. The lowest BCUT2D eigenvalue weighted by Gasteiger charge is -2.25. The summed E-state index contributed by atoms with van der Waals surface area (Å²) in [6.07, 6.45) is 0.883. The molecule has 0 bridgehead atoms. The van der Waals surface area contributed by atoms with Crippen LogP contribution < -0.4 is 14.4 Å². The van der Waals surface area contributed by atoms with Crippen molar-refractivity contribution in [2.45, 2.75) is 26.3 Å². The molecule has 34 heavy (non-hydrogen) atoms. The van der Waals surface area contributed by atoms with E-state index < -0.39 is 17.7 Å². The van der Waals surface area contributed by atoms with Crippen LogP contribution in [0.5, 0.6) is 11.5 Å². The molecule has 0 saturated carbocycles. The van der Waals surface area contributed by atoms with E-state index in [1.165, 1.54) is 12.0 Å². The van der Waals surface area contributed by atoms with E-state index in [1.807, 2.05) is 50.2 Å². The van der Waals surface area contributed by atoms with Crippen molar-refractivity contribution in [3.8, 4) is 11.5 Å². The monoisotopic (exact) mass is 457 g/mol. The Morgan fingerprint density at radius 1 is 1.00 bits per heavy atom. The van der Waals surface area contributed by atoms with Crippen molar-refractivity contribution in [3.05, 3.63) is 95.1 Å². The molecule has 1 amide bonds. The van der Waals surface area contributed by atoms with Gasteiger partial charge in [0.05, 0.1) is 30.9 Å². The van der Waals surface area contributed by atoms with Crippen molar-refractivity contribution < 1.29 is 24.2 Å². The summed E-state index contributed by atoms with van der Waals surface area (Å²) in [5.41, 5.74) is 2.51. The fourth-order valence-electron chi connectivity index (χ4n) is 4.12. The summed E-state index contributed by atoms with van der Waals surface area (Å²) in [6.45, 7) is 4.50. The van der Waals surface area contributed by atoms with E-state index in [0.29, 0.717) is 34.9 Å². The average Bonchev–Trinajstić information content (AvgIpc) is 3.13. The van der Waals surface area contributed by atoms with Crippen LogP contribution in [0.1, 0.15) is 36.1 Å². The molecule has 6 nitrogen and oxygen atoms in total. The van der Waals surface area contributed by atoms with E-state index in [2.05, 4.69) is 0 Å².